The number of carbonyl (C=O) groups is 3. The quantitative estimate of drug-likeness (QED) is 0.465. The highest BCUT2D eigenvalue weighted by Crippen LogP contribution is 2.44. The van der Waals surface area contributed by atoms with E-state index in [1.54, 1.807) is 0 Å². The Morgan fingerprint density at radius 2 is 1.56 bits per heavy atom. The third-order valence-corrected chi connectivity index (χ3v) is 6.10. The molecular formula is C26H32N2O6. The van der Waals surface area contributed by atoms with Crippen LogP contribution in [0.4, 0.5) is 4.79 Å². The first-order chi connectivity index (χ1) is 16.3. The van der Waals surface area contributed by atoms with Gasteiger partial charge in [-0.1, -0.05) is 62.4 Å². The van der Waals surface area contributed by atoms with E-state index in [-0.39, 0.29) is 37.9 Å². The Labute approximate surface area is 199 Å². The summed E-state index contributed by atoms with van der Waals surface area (Å²) in [6.45, 7) is 4.14. The third-order valence-electron chi connectivity index (χ3n) is 6.10. The summed E-state index contributed by atoms with van der Waals surface area (Å²) < 4.78 is 10.5. The van der Waals surface area contributed by atoms with Crippen molar-refractivity contribution in [3.8, 4) is 11.1 Å². The second-order valence-corrected chi connectivity index (χ2v) is 8.76. The fourth-order valence-corrected chi connectivity index (χ4v) is 4.19. The van der Waals surface area contributed by atoms with E-state index in [0.717, 1.165) is 22.3 Å². The number of carboxylic acid groups (broad SMARTS) is 1. The van der Waals surface area contributed by atoms with Crippen molar-refractivity contribution in [1.82, 2.24) is 10.6 Å². The van der Waals surface area contributed by atoms with Crippen LogP contribution in [0.2, 0.25) is 0 Å². The van der Waals surface area contributed by atoms with E-state index in [1.165, 1.54) is 7.11 Å². The first kappa shape index (κ1) is 25.2. The van der Waals surface area contributed by atoms with Crippen LogP contribution in [0.3, 0.4) is 0 Å². The van der Waals surface area contributed by atoms with E-state index in [0.29, 0.717) is 0 Å². The molecule has 0 saturated heterocycles. The normalized spacial score (nSPS) is 14.1. The lowest BCUT2D eigenvalue weighted by Crippen LogP contribution is -2.46. The van der Waals surface area contributed by atoms with Crippen molar-refractivity contribution in [2.75, 3.05) is 20.3 Å². The third kappa shape index (κ3) is 6.14. The Bertz CT molecular complexity index is 976. The van der Waals surface area contributed by atoms with Crippen LogP contribution in [0, 0.1) is 5.92 Å². The summed E-state index contributed by atoms with van der Waals surface area (Å²) in [5, 5.41) is 14.6. The van der Waals surface area contributed by atoms with E-state index >= 15 is 0 Å². The maximum absolute atomic E-state index is 12.6. The summed E-state index contributed by atoms with van der Waals surface area (Å²) in [4.78, 5) is 36.4. The number of methoxy groups -OCH3 is 1. The molecule has 2 aromatic rings. The number of fused-ring (bicyclic) bond motifs is 3. The van der Waals surface area contributed by atoms with Crippen LogP contribution in [-0.2, 0) is 19.1 Å². The molecule has 3 N–H and O–H groups in total. The molecule has 3 rings (SSSR count). The van der Waals surface area contributed by atoms with Gasteiger partial charge in [-0.25, -0.2) is 9.59 Å². The molecule has 0 saturated carbocycles. The van der Waals surface area contributed by atoms with Gasteiger partial charge >= 0.3 is 12.1 Å². The molecule has 0 radical (unpaired) electrons. The molecule has 0 spiro atoms. The maximum atomic E-state index is 12.6. The average molecular weight is 469 g/mol. The molecule has 182 valence electrons. The molecule has 1 aliphatic carbocycles. The van der Waals surface area contributed by atoms with E-state index in [4.69, 9.17) is 9.47 Å². The van der Waals surface area contributed by atoms with Crippen LogP contribution in [0.25, 0.3) is 11.1 Å². The van der Waals surface area contributed by atoms with Gasteiger partial charge in [0.05, 0.1) is 0 Å². The van der Waals surface area contributed by atoms with Gasteiger partial charge in [-0.15, -0.1) is 0 Å². The number of hydrogen-bond acceptors (Lipinski definition) is 5. The Kier molecular flexibility index (Phi) is 8.65. The minimum Gasteiger partial charge on any atom is -0.480 e. The Morgan fingerprint density at radius 3 is 2.09 bits per heavy atom. The molecule has 34 heavy (non-hydrogen) atoms. The SMILES string of the molecule is COCCC(NC(=O)CC(NC(=O)OCC1c2ccccc2-c2ccccc21)C(C)C)C(=O)O. The molecule has 0 aliphatic heterocycles. The van der Waals surface area contributed by atoms with Gasteiger partial charge in [0, 0.05) is 38.5 Å². The predicted molar refractivity (Wildman–Crippen MR) is 128 cm³/mol. The molecule has 2 unspecified atom stereocenters. The van der Waals surface area contributed by atoms with Gasteiger partial charge < -0.3 is 25.2 Å². The molecule has 1 aliphatic rings. The Balaban J connectivity index is 1.58. The molecule has 2 amide bonds. The number of nitrogens with one attached hydrogen (secondary N) is 2. The second-order valence-electron chi connectivity index (χ2n) is 8.76. The van der Waals surface area contributed by atoms with E-state index in [1.807, 2.05) is 50.2 Å². The lowest BCUT2D eigenvalue weighted by atomic mass is 9.98. The highest BCUT2D eigenvalue weighted by Gasteiger charge is 2.30. The Hall–Kier alpha value is -3.39. The van der Waals surface area contributed by atoms with E-state index in [9.17, 15) is 19.5 Å². The van der Waals surface area contributed by atoms with Gasteiger partial charge in [0.15, 0.2) is 0 Å². The van der Waals surface area contributed by atoms with Crippen molar-refractivity contribution in [2.45, 2.75) is 44.7 Å². The topological polar surface area (TPSA) is 114 Å². The van der Waals surface area contributed by atoms with Crippen molar-refractivity contribution in [1.29, 1.82) is 0 Å². The van der Waals surface area contributed by atoms with Crippen LogP contribution in [0.15, 0.2) is 48.5 Å². The molecular weight excluding hydrogens is 436 g/mol. The minimum atomic E-state index is -1.13. The van der Waals surface area contributed by atoms with E-state index < -0.39 is 30.1 Å². The summed E-state index contributed by atoms with van der Waals surface area (Å²) in [5.74, 6) is -1.71. The number of amides is 2. The van der Waals surface area contributed by atoms with Gasteiger partial charge in [-0.3, -0.25) is 4.79 Å². The molecule has 2 atom stereocenters. The summed E-state index contributed by atoms with van der Waals surface area (Å²) in [5.41, 5.74) is 4.52. The summed E-state index contributed by atoms with van der Waals surface area (Å²) in [6.07, 6.45) is -0.509. The number of aliphatic carboxylic acids is 1. The molecule has 8 heteroatoms. The molecule has 2 aromatic carbocycles. The molecule has 8 nitrogen and oxygen atoms in total. The first-order valence-corrected chi connectivity index (χ1v) is 11.4. The molecule has 0 heterocycles. The Morgan fingerprint density at radius 1 is 0.971 bits per heavy atom. The minimum absolute atomic E-state index is 0.0569. The molecule has 0 bridgehead atoms. The van der Waals surface area contributed by atoms with Crippen LogP contribution in [0.5, 0.6) is 0 Å². The zero-order valence-corrected chi connectivity index (χ0v) is 19.7. The van der Waals surface area contributed by atoms with Crippen molar-refractivity contribution in [3.63, 3.8) is 0 Å². The van der Waals surface area contributed by atoms with E-state index in [2.05, 4.69) is 22.8 Å². The summed E-state index contributed by atoms with van der Waals surface area (Å²) in [6, 6.07) is 14.6. The number of hydrogen-bond donors (Lipinski definition) is 3. The van der Waals surface area contributed by atoms with Crippen molar-refractivity contribution in [2.24, 2.45) is 5.92 Å². The van der Waals surface area contributed by atoms with Crippen LogP contribution < -0.4 is 10.6 Å². The second kappa shape index (κ2) is 11.7. The molecule has 0 aromatic heterocycles. The summed E-state index contributed by atoms with van der Waals surface area (Å²) >= 11 is 0. The van der Waals surface area contributed by atoms with Gasteiger partial charge in [-0.05, 0) is 28.2 Å². The lowest BCUT2D eigenvalue weighted by molar-refractivity contribution is -0.142. The van der Waals surface area contributed by atoms with Crippen LogP contribution in [0.1, 0.15) is 43.7 Å². The fourth-order valence-electron chi connectivity index (χ4n) is 4.19. The number of carbonyl (C=O) groups excluding carboxylic acids is 2. The first-order valence-electron chi connectivity index (χ1n) is 11.4. The number of alkyl carbamates (subject to hydrolysis) is 1. The highest BCUT2D eigenvalue weighted by atomic mass is 16.5. The zero-order chi connectivity index (χ0) is 24.7. The van der Waals surface area contributed by atoms with Crippen LogP contribution in [-0.4, -0.2) is 55.5 Å². The summed E-state index contributed by atoms with van der Waals surface area (Å²) in [7, 11) is 1.47. The number of benzene rings is 2. The molecule has 0 fully saturated rings. The monoisotopic (exact) mass is 468 g/mol. The van der Waals surface area contributed by atoms with Crippen molar-refractivity contribution < 1.29 is 29.0 Å². The zero-order valence-electron chi connectivity index (χ0n) is 19.7. The van der Waals surface area contributed by atoms with Gasteiger partial charge in [0.25, 0.3) is 0 Å². The number of rotatable bonds is 11. The van der Waals surface area contributed by atoms with Gasteiger partial charge in [-0.2, -0.15) is 0 Å². The van der Waals surface area contributed by atoms with Crippen molar-refractivity contribution >= 4 is 18.0 Å². The number of ether oxygens (including phenoxy) is 2. The van der Waals surface area contributed by atoms with Gasteiger partial charge in [0.1, 0.15) is 12.6 Å². The predicted octanol–water partition coefficient (Wildman–Crippen LogP) is 3.55. The van der Waals surface area contributed by atoms with Crippen LogP contribution >= 0.6 is 0 Å². The fraction of sp³-hybridized carbons (Fsp3) is 0.423. The standard InChI is InChI=1S/C26H32N2O6/c1-16(2)23(14-24(29)27-22(25(30)31)12-13-33-3)28-26(32)34-15-21-19-10-6-4-8-17(19)18-9-5-7-11-20(18)21/h4-11,16,21-23H,12-15H2,1-3H3,(H,27,29)(H,28,32)(H,30,31). The highest BCUT2D eigenvalue weighted by molar-refractivity contribution is 5.84. The smallest absolute Gasteiger partial charge is 0.407 e. The maximum Gasteiger partial charge on any atom is 0.407 e. The lowest BCUT2D eigenvalue weighted by Gasteiger charge is -2.23. The average Bonchev–Trinajstić information content (AvgIpc) is 3.13. The van der Waals surface area contributed by atoms with Gasteiger partial charge in [0.2, 0.25) is 5.91 Å². The van der Waals surface area contributed by atoms with Crippen molar-refractivity contribution in [3.05, 3.63) is 59.7 Å². The number of carboxylic acids is 1. The largest absolute Gasteiger partial charge is 0.480 e.